The Morgan fingerprint density at radius 1 is 0.660 bits per heavy atom. The van der Waals surface area contributed by atoms with Crippen molar-refractivity contribution < 1.29 is 29.1 Å². The van der Waals surface area contributed by atoms with Gasteiger partial charge >= 0.3 is 11.9 Å². The lowest BCUT2D eigenvalue weighted by Crippen LogP contribution is -2.32. The number of nitrogen functional groups attached to an aromatic ring is 2. The maximum Gasteiger partial charge on any atom is 0.333 e. The van der Waals surface area contributed by atoms with E-state index in [9.17, 15) is 19.2 Å². The van der Waals surface area contributed by atoms with E-state index in [0.717, 1.165) is 54.7 Å². The number of hydrogen-bond acceptors (Lipinski definition) is 9. The van der Waals surface area contributed by atoms with Gasteiger partial charge in [-0.2, -0.15) is 0 Å². The number of carboxylic acid groups (broad SMARTS) is 1. The van der Waals surface area contributed by atoms with Crippen molar-refractivity contribution in [1.29, 1.82) is 0 Å². The molecular weight excluding hydrogens is 598 g/mol. The molecule has 47 heavy (non-hydrogen) atoms. The summed E-state index contributed by atoms with van der Waals surface area (Å²) in [5.41, 5.74) is 19.0. The summed E-state index contributed by atoms with van der Waals surface area (Å²) < 4.78 is 0. The SMILES string of the molecule is Nc1c2ccccc2nc2ccc(CCC(=O)O)cc12.Nc1c2ccccc2nc2ccc(CCC(=O)ON3C(=O)CCC3=O)cc12. The molecule has 0 spiro atoms. The summed E-state index contributed by atoms with van der Waals surface area (Å²) in [6.07, 6.45) is 1.22. The molecule has 1 fully saturated rings. The molecule has 2 amide bonds. The molecule has 1 saturated heterocycles. The predicted molar refractivity (Wildman–Crippen MR) is 179 cm³/mol. The number of anilines is 2. The maximum absolute atomic E-state index is 12.0. The van der Waals surface area contributed by atoms with Crippen molar-refractivity contribution in [3.63, 3.8) is 0 Å². The van der Waals surface area contributed by atoms with Gasteiger partial charge in [0.1, 0.15) is 0 Å². The van der Waals surface area contributed by atoms with Gasteiger partial charge in [-0.05, 0) is 60.4 Å². The first-order valence-corrected chi connectivity index (χ1v) is 15.1. The number of imide groups is 1. The van der Waals surface area contributed by atoms with Crippen molar-refractivity contribution >= 4 is 78.7 Å². The number of amides is 2. The summed E-state index contributed by atoms with van der Waals surface area (Å²) in [7, 11) is 0. The highest BCUT2D eigenvalue weighted by molar-refractivity contribution is 6.07. The summed E-state index contributed by atoms with van der Waals surface area (Å²) in [4.78, 5) is 59.7. The second kappa shape index (κ2) is 13.1. The van der Waals surface area contributed by atoms with Crippen LogP contribution in [0, 0.1) is 0 Å². The summed E-state index contributed by atoms with van der Waals surface area (Å²) >= 11 is 0. The minimum absolute atomic E-state index is 0.0451. The minimum Gasteiger partial charge on any atom is -0.481 e. The van der Waals surface area contributed by atoms with Crippen molar-refractivity contribution in [2.24, 2.45) is 0 Å². The van der Waals surface area contributed by atoms with Crippen LogP contribution in [0.1, 0.15) is 36.8 Å². The van der Waals surface area contributed by atoms with Gasteiger partial charge in [-0.3, -0.25) is 14.4 Å². The van der Waals surface area contributed by atoms with Gasteiger partial charge in [-0.1, -0.05) is 48.5 Å². The second-order valence-electron chi connectivity index (χ2n) is 11.2. The number of para-hydroxylation sites is 2. The van der Waals surface area contributed by atoms with Gasteiger partial charge in [0.05, 0.1) is 39.9 Å². The lowest BCUT2D eigenvalue weighted by Gasteiger charge is -2.12. The number of hydrogen-bond donors (Lipinski definition) is 3. The topological polar surface area (TPSA) is 179 Å². The van der Waals surface area contributed by atoms with Crippen molar-refractivity contribution in [2.45, 2.75) is 38.5 Å². The molecule has 4 aromatic carbocycles. The number of nitrogens with two attached hydrogens (primary N) is 2. The average molecular weight is 630 g/mol. The molecule has 0 radical (unpaired) electrons. The van der Waals surface area contributed by atoms with E-state index in [4.69, 9.17) is 21.4 Å². The van der Waals surface area contributed by atoms with Gasteiger partial charge in [-0.25, -0.2) is 14.8 Å². The molecule has 1 aliphatic heterocycles. The Bertz CT molecular complexity index is 2200. The maximum atomic E-state index is 12.0. The molecule has 1 aliphatic rings. The fourth-order valence-electron chi connectivity index (χ4n) is 5.55. The molecule has 7 rings (SSSR count). The van der Waals surface area contributed by atoms with E-state index in [2.05, 4.69) is 9.97 Å². The summed E-state index contributed by atoms with van der Waals surface area (Å²) in [6.45, 7) is 0. The first kappa shape index (κ1) is 30.9. The lowest BCUT2D eigenvalue weighted by atomic mass is 10.0. The quantitative estimate of drug-likeness (QED) is 0.151. The number of fused-ring (bicyclic) bond motifs is 4. The summed E-state index contributed by atoms with van der Waals surface area (Å²) in [6, 6.07) is 26.8. The fraction of sp³-hybridized carbons (Fsp3) is 0.167. The molecule has 2 aromatic heterocycles. The molecule has 236 valence electrons. The zero-order chi connectivity index (χ0) is 33.1. The minimum atomic E-state index is -0.797. The van der Waals surface area contributed by atoms with Crippen molar-refractivity contribution in [3.05, 3.63) is 96.1 Å². The molecule has 0 aliphatic carbocycles. The van der Waals surface area contributed by atoms with Gasteiger partial charge in [0, 0.05) is 40.8 Å². The third-order valence-corrected chi connectivity index (χ3v) is 8.02. The Morgan fingerprint density at radius 3 is 1.60 bits per heavy atom. The van der Waals surface area contributed by atoms with E-state index < -0.39 is 23.8 Å². The summed E-state index contributed by atoms with van der Waals surface area (Å²) in [5, 5.41) is 12.8. The highest BCUT2D eigenvalue weighted by Gasteiger charge is 2.32. The highest BCUT2D eigenvalue weighted by Crippen LogP contribution is 2.30. The molecule has 0 bridgehead atoms. The van der Waals surface area contributed by atoms with Crippen molar-refractivity contribution in [1.82, 2.24) is 15.0 Å². The van der Waals surface area contributed by atoms with E-state index in [1.54, 1.807) is 0 Å². The van der Waals surface area contributed by atoms with Gasteiger partial charge in [-0.15, -0.1) is 5.06 Å². The van der Waals surface area contributed by atoms with Gasteiger partial charge in [0.25, 0.3) is 11.8 Å². The van der Waals surface area contributed by atoms with Crippen LogP contribution in [0.2, 0.25) is 0 Å². The molecule has 0 atom stereocenters. The number of carbonyl (C=O) groups excluding carboxylic acids is 3. The molecule has 0 saturated carbocycles. The number of pyridine rings is 2. The first-order valence-electron chi connectivity index (χ1n) is 15.1. The Kier molecular flexibility index (Phi) is 8.61. The standard InChI is InChI=1S/C20H17N3O4.C16H14N2O2/c21-20-13-3-1-2-4-15(13)22-16-7-5-12(11-14(16)20)6-10-19(26)27-23-17(24)8-9-18(23)25;17-16-11-3-1-2-4-13(11)18-14-7-5-10(9-12(14)16)6-8-15(19)20/h1-5,7,11H,6,8-10H2,(H2,21,22);1-5,7,9H,6,8H2,(H2,17,18)(H,19,20). The van der Waals surface area contributed by atoms with Crippen LogP contribution in [0.5, 0.6) is 0 Å². The zero-order valence-electron chi connectivity index (χ0n) is 25.3. The Morgan fingerprint density at radius 2 is 1.11 bits per heavy atom. The van der Waals surface area contributed by atoms with Crippen molar-refractivity contribution in [3.8, 4) is 0 Å². The van der Waals surface area contributed by atoms with Crippen LogP contribution in [-0.2, 0) is 36.9 Å². The number of aliphatic carboxylic acids is 1. The number of benzene rings is 4. The molecular formula is C36H31N5O6. The van der Waals surface area contributed by atoms with Crippen LogP contribution < -0.4 is 11.5 Å². The number of rotatable bonds is 7. The normalized spacial score (nSPS) is 12.9. The van der Waals surface area contributed by atoms with Gasteiger partial charge in [0.15, 0.2) is 0 Å². The molecule has 3 heterocycles. The monoisotopic (exact) mass is 629 g/mol. The first-order chi connectivity index (χ1) is 22.7. The van der Waals surface area contributed by atoms with Gasteiger partial charge in [0.2, 0.25) is 0 Å². The van der Waals surface area contributed by atoms with E-state index in [1.807, 2.05) is 84.9 Å². The molecule has 6 aromatic rings. The van der Waals surface area contributed by atoms with Crippen molar-refractivity contribution in [2.75, 3.05) is 11.5 Å². The van der Waals surface area contributed by atoms with Crippen LogP contribution in [-0.4, -0.2) is 43.9 Å². The largest absolute Gasteiger partial charge is 0.481 e. The molecule has 0 unspecified atom stereocenters. The summed E-state index contributed by atoms with van der Waals surface area (Å²) in [5.74, 6) is -2.38. The smallest absolute Gasteiger partial charge is 0.333 e. The molecule has 11 nitrogen and oxygen atoms in total. The number of nitrogens with zero attached hydrogens (tertiary/aromatic N) is 3. The number of carboxylic acids is 1. The number of aromatic nitrogens is 2. The third kappa shape index (κ3) is 6.64. The second-order valence-corrected chi connectivity index (χ2v) is 11.2. The van der Waals surface area contributed by atoms with E-state index >= 15 is 0 Å². The van der Waals surface area contributed by atoms with E-state index in [-0.39, 0.29) is 25.7 Å². The van der Waals surface area contributed by atoms with Crippen LogP contribution in [0.3, 0.4) is 0 Å². The van der Waals surface area contributed by atoms with Crippen LogP contribution in [0.15, 0.2) is 84.9 Å². The number of carbonyl (C=O) groups is 4. The Labute approximate surface area is 268 Å². The molecule has 11 heteroatoms. The van der Waals surface area contributed by atoms with Crippen LogP contribution in [0.4, 0.5) is 11.4 Å². The zero-order valence-corrected chi connectivity index (χ0v) is 25.3. The van der Waals surface area contributed by atoms with E-state index in [0.29, 0.717) is 29.3 Å². The Hall–Kier alpha value is -6.10. The third-order valence-electron chi connectivity index (χ3n) is 8.02. The van der Waals surface area contributed by atoms with Gasteiger partial charge < -0.3 is 21.4 Å². The highest BCUT2D eigenvalue weighted by atomic mass is 16.7. The predicted octanol–water partition coefficient (Wildman–Crippen LogP) is 5.50. The fourth-order valence-corrected chi connectivity index (χ4v) is 5.55. The number of hydroxylamine groups is 2. The van der Waals surface area contributed by atoms with E-state index in [1.165, 1.54) is 0 Å². The number of aryl methyl sites for hydroxylation is 2. The van der Waals surface area contributed by atoms with Crippen LogP contribution >= 0.6 is 0 Å². The Balaban J connectivity index is 0.000000172. The molecule has 5 N–H and O–H groups in total. The average Bonchev–Trinajstić information content (AvgIpc) is 3.39. The van der Waals surface area contributed by atoms with Crippen LogP contribution in [0.25, 0.3) is 43.6 Å². The lowest BCUT2D eigenvalue weighted by molar-refractivity contribution is -0.197.